The van der Waals surface area contributed by atoms with Crippen LogP contribution in [-0.2, 0) is 6.54 Å². The maximum atomic E-state index is 12.0. The Morgan fingerprint density at radius 3 is 2.95 bits per heavy atom. The van der Waals surface area contributed by atoms with Gasteiger partial charge in [0.05, 0.1) is 5.56 Å². The van der Waals surface area contributed by atoms with E-state index in [1.807, 2.05) is 12.1 Å². The van der Waals surface area contributed by atoms with E-state index in [9.17, 15) is 4.79 Å². The van der Waals surface area contributed by atoms with Gasteiger partial charge < -0.3 is 10.4 Å². The number of carbonyl (C=O) groups excluding carboxylic acids is 1. The van der Waals surface area contributed by atoms with Crippen LogP contribution < -0.4 is 5.32 Å². The quantitative estimate of drug-likeness (QED) is 0.805. The van der Waals surface area contributed by atoms with Crippen LogP contribution in [0.25, 0.3) is 0 Å². The summed E-state index contributed by atoms with van der Waals surface area (Å²) in [6.07, 6.45) is 6.39. The first-order chi connectivity index (χ1) is 9.79. The van der Waals surface area contributed by atoms with E-state index in [1.54, 1.807) is 24.7 Å². The van der Waals surface area contributed by atoms with Crippen molar-refractivity contribution in [1.29, 1.82) is 0 Å². The standard InChI is InChI=1S/C15H13N3O2/c19-6-2-4-12-7-14(11-17-8-12)15(20)18-10-13-3-1-5-16-9-13/h1,3,5,7-9,11,19H,6,10H2,(H,18,20). The molecule has 2 rings (SSSR count). The van der Waals surface area contributed by atoms with Crippen LogP contribution in [-0.4, -0.2) is 27.6 Å². The SMILES string of the molecule is O=C(NCc1cccnc1)c1cncc(C#CCO)c1. The van der Waals surface area contributed by atoms with Gasteiger partial charge in [-0.15, -0.1) is 0 Å². The van der Waals surface area contributed by atoms with Gasteiger partial charge in [0.2, 0.25) is 0 Å². The normalized spacial score (nSPS) is 9.45. The van der Waals surface area contributed by atoms with Crippen LogP contribution in [0.15, 0.2) is 43.0 Å². The second-order valence-electron chi connectivity index (χ2n) is 3.97. The lowest BCUT2D eigenvalue weighted by Gasteiger charge is -2.05. The molecule has 0 radical (unpaired) electrons. The average Bonchev–Trinajstić information content (AvgIpc) is 2.52. The van der Waals surface area contributed by atoms with Crippen molar-refractivity contribution in [3.8, 4) is 11.8 Å². The summed E-state index contributed by atoms with van der Waals surface area (Å²) in [4.78, 5) is 19.9. The van der Waals surface area contributed by atoms with Crippen molar-refractivity contribution in [2.45, 2.75) is 6.54 Å². The van der Waals surface area contributed by atoms with E-state index < -0.39 is 0 Å². The Morgan fingerprint density at radius 1 is 1.30 bits per heavy atom. The lowest BCUT2D eigenvalue weighted by molar-refractivity contribution is 0.0950. The molecule has 2 aromatic heterocycles. The first-order valence-corrected chi connectivity index (χ1v) is 6.01. The highest BCUT2D eigenvalue weighted by Crippen LogP contribution is 2.02. The molecule has 2 heterocycles. The van der Waals surface area contributed by atoms with Crippen LogP contribution in [0.3, 0.4) is 0 Å². The van der Waals surface area contributed by atoms with Crippen molar-refractivity contribution in [3.05, 3.63) is 59.7 Å². The summed E-state index contributed by atoms with van der Waals surface area (Å²) in [5.41, 5.74) is 1.94. The highest BCUT2D eigenvalue weighted by molar-refractivity contribution is 5.94. The van der Waals surface area contributed by atoms with Crippen molar-refractivity contribution in [1.82, 2.24) is 15.3 Å². The van der Waals surface area contributed by atoms with Crippen molar-refractivity contribution >= 4 is 5.91 Å². The summed E-state index contributed by atoms with van der Waals surface area (Å²) in [7, 11) is 0. The molecule has 1 amide bonds. The summed E-state index contributed by atoms with van der Waals surface area (Å²) in [5, 5.41) is 11.4. The predicted octanol–water partition coefficient (Wildman–Crippen LogP) is 0.750. The molecule has 0 spiro atoms. The topological polar surface area (TPSA) is 75.1 Å². The Labute approximate surface area is 116 Å². The molecule has 2 aromatic rings. The Morgan fingerprint density at radius 2 is 2.20 bits per heavy atom. The van der Waals surface area contributed by atoms with Gasteiger partial charge in [0.15, 0.2) is 0 Å². The molecule has 0 aliphatic heterocycles. The van der Waals surface area contributed by atoms with Gasteiger partial charge in [-0.05, 0) is 17.7 Å². The van der Waals surface area contributed by atoms with Gasteiger partial charge in [0.25, 0.3) is 5.91 Å². The lowest BCUT2D eigenvalue weighted by Crippen LogP contribution is -2.23. The van der Waals surface area contributed by atoms with E-state index in [-0.39, 0.29) is 12.5 Å². The summed E-state index contributed by atoms with van der Waals surface area (Å²) in [5.74, 6) is 5.00. The van der Waals surface area contributed by atoms with Crippen LogP contribution in [0.5, 0.6) is 0 Å². The average molecular weight is 267 g/mol. The van der Waals surface area contributed by atoms with E-state index in [0.29, 0.717) is 17.7 Å². The van der Waals surface area contributed by atoms with Crippen LogP contribution in [0, 0.1) is 11.8 Å². The maximum Gasteiger partial charge on any atom is 0.253 e. The number of aliphatic hydroxyl groups is 1. The molecule has 0 aliphatic carbocycles. The third-order valence-electron chi connectivity index (χ3n) is 2.49. The maximum absolute atomic E-state index is 12.0. The molecule has 2 N–H and O–H groups in total. The van der Waals surface area contributed by atoms with Crippen LogP contribution in [0.4, 0.5) is 0 Å². The smallest absolute Gasteiger partial charge is 0.253 e. The first-order valence-electron chi connectivity index (χ1n) is 6.01. The zero-order chi connectivity index (χ0) is 14.2. The molecule has 0 unspecified atom stereocenters. The zero-order valence-corrected chi connectivity index (χ0v) is 10.7. The minimum atomic E-state index is -0.228. The number of aromatic nitrogens is 2. The fourth-order valence-electron chi connectivity index (χ4n) is 1.56. The minimum absolute atomic E-state index is 0.225. The molecule has 100 valence electrons. The summed E-state index contributed by atoms with van der Waals surface area (Å²) < 4.78 is 0. The summed E-state index contributed by atoms with van der Waals surface area (Å²) >= 11 is 0. The van der Waals surface area contributed by atoms with Gasteiger partial charge in [0.1, 0.15) is 6.61 Å². The van der Waals surface area contributed by atoms with Gasteiger partial charge in [-0.25, -0.2) is 0 Å². The molecule has 0 fully saturated rings. The number of nitrogens with zero attached hydrogens (tertiary/aromatic N) is 2. The van der Waals surface area contributed by atoms with Gasteiger partial charge in [-0.3, -0.25) is 14.8 Å². The number of aliphatic hydroxyl groups excluding tert-OH is 1. The van der Waals surface area contributed by atoms with Crippen molar-refractivity contribution in [2.24, 2.45) is 0 Å². The Bertz CT molecular complexity index is 645. The predicted molar refractivity (Wildman–Crippen MR) is 73.6 cm³/mol. The summed E-state index contributed by atoms with van der Waals surface area (Å²) in [6, 6.07) is 5.33. The second-order valence-corrected chi connectivity index (χ2v) is 3.97. The first kappa shape index (κ1) is 13.7. The third-order valence-corrected chi connectivity index (χ3v) is 2.49. The lowest BCUT2D eigenvalue weighted by atomic mass is 10.2. The monoisotopic (exact) mass is 267 g/mol. The number of pyridine rings is 2. The van der Waals surface area contributed by atoms with Gasteiger partial charge >= 0.3 is 0 Å². The number of amides is 1. The molecular weight excluding hydrogens is 254 g/mol. The third kappa shape index (κ3) is 3.90. The highest BCUT2D eigenvalue weighted by Gasteiger charge is 2.06. The van der Waals surface area contributed by atoms with Crippen LogP contribution in [0.1, 0.15) is 21.5 Å². The van der Waals surface area contributed by atoms with E-state index in [2.05, 4.69) is 27.1 Å². The molecule has 5 nitrogen and oxygen atoms in total. The van der Waals surface area contributed by atoms with E-state index in [0.717, 1.165) is 5.56 Å². The van der Waals surface area contributed by atoms with Gasteiger partial charge in [-0.2, -0.15) is 0 Å². The number of carbonyl (C=O) groups is 1. The Kier molecular flexibility index (Phi) is 4.81. The number of hydrogen-bond donors (Lipinski definition) is 2. The molecule has 0 bridgehead atoms. The van der Waals surface area contributed by atoms with Crippen molar-refractivity contribution in [2.75, 3.05) is 6.61 Å². The molecule has 0 saturated carbocycles. The van der Waals surface area contributed by atoms with Crippen molar-refractivity contribution in [3.63, 3.8) is 0 Å². The molecule has 0 aliphatic rings. The van der Waals surface area contributed by atoms with Crippen LogP contribution in [0.2, 0.25) is 0 Å². The largest absolute Gasteiger partial charge is 0.384 e. The van der Waals surface area contributed by atoms with E-state index >= 15 is 0 Å². The minimum Gasteiger partial charge on any atom is -0.384 e. The van der Waals surface area contributed by atoms with E-state index in [4.69, 9.17) is 5.11 Å². The van der Waals surface area contributed by atoms with Gasteiger partial charge in [-0.1, -0.05) is 17.9 Å². The molecule has 0 aromatic carbocycles. The Balaban J connectivity index is 2.02. The fraction of sp³-hybridized carbons (Fsp3) is 0.133. The molecule has 20 heavy (non-hydrogen) atoms. The number of hydrogen-bond acceptors (Lipinski definition) is 4. The summed E-state index contributed by atoms with van der Waals surface area (Å²) in [6.45, 7) is 0.177. The molecule has 0 saturated heterocycles. The second kappa shape index (κ2) is 7.02. The highest BCUT2D eigenvalue weighted by atomic mass is 16.2. The fourth-order valence-corrected chi connectivity index (χ4v) is 1.56. The van der Waals surface area contributed by atoms with E-state index in [1.165, 1.54) is 6.20 Å². The molecule has 5 heteroatoms. The Hall–Kier alpha value is -2.71. The van der Waals surface area contributed by atoms with Gasteiger partial charge in [0, 0.05) is 36.9 Å². The molecule has 0 atom stereocenters. The number of rotatable bonds is 3. The van der Waals surface area contributed by atoms with Crippen LogP contribution >= 0.6 is 0 Å². The van der Waals surface area contributed by atoms with Crippen molar-refractivity contribution < 1.29 is 9.90 Å². The zero-order valence-electron chi connectivity index (χ0n) is 10.7. The molecular formula is C15H13N3O2. The number of nitrogens with one attached hydrogen (secondary N) is 1.